The molecule has 2 N–H and O–H groups in total. The predicted octanol–water partition coefficient (Wildman–Crippen LogP) is 2.55. The molecule has 150 valence electrons. The molecule has 4 rings (SSSR count). The molecule has 2 heterocycles. The van der Waals surface area contributed by atoms with E-state index in [1.165, 1.54) is 4.90 Å². The fourth-order valence-corrected chi connectivity index (χ4v) is 3.36. The Bertz CT molecular complexity index is 1010. The van der Waals surface area contributed by atoms with Gasteiger partial charge >= 0.3 is 0 Å². The van der Waals surface area contributed by atoms with Crippen molar-refractivity contribution in [2.75, 3.05) is 15.5 Å². The number of fused-ring (bicyclic) bond motifs is 2. The third kappa shape index (κ3) is 3.37. The van der Waals surface area contributed by atoms with Gasteiger partial charge in [-0.25, -0.2) is 0 Å². The highest BCUT2D eigenvalue weighted by Crippen LogP contribution is 2.36. The first kappa shape index (κ1) is 18.8. The van der Waals surface area contributed by atoms with Crippen LogP contribution in [0.25, 0.3) is 0 Å². The van der Waals surface area contributed by atoms with E-state index in [-0.39, 0.29) is 17.7 Å². The van der Waals surface area contributed by atoms with Crippen molar-refractivity contribution in [1.82, 2.24) is 0 Å². The second-order valence-electron chi connectivity index (χ2n) is 7.06. The van der Waals surface area contributed by atoms with E-state index in [9.17, 15) is 14.4 Å². The van der Waals surface area contributed by atoms with Crippen LogP contribution in [-0.4, -0.2) is 36.0 Å². The van der Waals surface area contributed by atoms with Gasteiger partial charge in [0.1, 0.15) is 17.5 Å². The fraction of sp³-hybridized carbons (Fsp3) is 0.286. The van der Waals surface area contributed by atoms with Crippen LogP contribution in [0.4, 0.5) is 17.1 Å². The third-order valence-electron chi connectivity index (χ3n) is 4.96. The lowest BCUT2D eigenvalue weighted by atomic mass is 10.1. The minimum absolute atomic E-state index is 0.251. The minimum Gasteiger partial charge on any atom is -0.479 e. The smallest absolute Gasteiger partial charge is 0.268 e. The highest BCUT2D eigenvalue weighted by atomic mass is 16.5. The number of rotatable bonds is 3. The van der Waals surface area contributed by atoms with E-state index in [0.29, 0.717) is 28.6 Å². The van der Waals surface area contributed by atoms with Crippen molar-refractivity contribution in [2.24, 2.45) is 0 Å². The lowest BCUT2D eigenvalue weighted by Gasteiger charge is -2.36. The SMILES string of the molecule is C[C@@H]1Oc2ccc(NC(=O)[C@H](C)N3C(=O)[C@H](C)Oc4ccccc43)cc2NC1=O. The summed E-state index contributed by atoms with van der Waals surface area (Å²) in [5, 5.41) is 5.55. The first-order chi connectivity index (χ1) is 13.8. The van der Waals surface area contributed by atoms with E-state index in [2.05, 4.69) is 10.6 Å². The van der Waals surface area contributed by atoms with Crippen LogP contribution in [0.2, 0.25) is 0 Å². The number of hydrogen-bond donors (Lipinski definition) is 2. The molecule has 8 nitrogen and oxygen atoms in total. The van der Waals surface area contributed by atoms with Crippen LogP contribution in [0.1, 0.15) is 20.8 Å². The normalized spacial score (nSPS) is 21.1. The molecule has 2 aliphatic heterocycles. The molecule has 0 fully saturated rings. The first-order valence-electron chi connectivity index (χ1n) is 9.36. The average Bonchev–Trinajstić information content (AvgIpc) is 2.69. The molecule has 0 unspecified atom stereocenters. The van der Waals surface area contributed by atoms with Crippen LogP contribution >= 0.6 is 0 Å². The standard InChI is InChI=1S/C21H21N3O5/c1-11(24-16-6-4-5-7-18(16)29-13(3)21(24)27)19(25)22-14-8-9-17-15(10-14)23-20(26)12(2)28-17/h4-13H,1-3H3,(H,22,25)(H,23,26)/t11-,12-,13-/m0/s1. The Morgan fingerprint density at radius 2 is 1.79 bits per heavy atom. The van der Waals surface area contributed by atoms with Crippen molar-refractivity contribution in [3.63, 3.8) is 0 Å². The maximum atomic E-state index is 12.9. The third-order valence-corrected chi connectivity index (χ3v) is 4.96. The Balaban J connectivity index is 1.56. The van der Waals surface area contributed by atoms with Crippen LogP contribution in [0.5, 0.6) is 11.5 Å². The fourth-order valence-electron chi connectivity index (χ4n) is 3.36. The molecule has 8 heteroatoms. The van der Waals surface area contributed by atoms with Gasteiger partial charge in [-0.05, 0) is 51.1 Å². The van der Waals surface area contributed by atoms with Gasteiger partial charge in [-0.2, -0.15) is 0 Å². The monoisotopic (exact) mass is 395 g/mol. The second-order valence-corrected chi connectivity index (χ2v) is 7.06. The molecule has 3 amide bonds. The lowest BCUT2D eigenvalue weighted by molar-refractivity contribution is -0.128. The van der Waals surface area contributed by atoms with Crippen molar-refractivity contribution in [1.29, 1.82) is 0 Å². The van der Waals surface area contributed by atoms with E-state index < -0.39 is 18.2 Å². The average molecular weight is 395 g/mol. The number of carbonyl (C=O) groups is 3. The van der Waals surface area contributed by atoms with Gasteiger partial charge < -0.3 is 20.1 Å². The number of anilines is 3. The summed E-state index contributed by atoms with van der Waals surface area (Å²) in [6, 6.07) is 11.3. The molecule has 0 aliphatic carbocycles. The van der Waals surface area contributed by atoms with Gasteiger partial charge in [0.15, 0.2) is 12.2 Å². The van der Waals surface area contributed by atoms with E-state index in [4.69, 9.17) is 9.47 Å². The Morgan fingerprint density at radius 3 is 2.59 bits per heavy atom. The molecule has 29 heavy (non-hydrogen) atoms. The van der Waals surface area contributed by atoms with Crippen molar-refractivity contribution in [3.05, 3.63) is 42.5 Å². The molecular formula is C21H21N3O5. The van der Waals surface area contributed by atoms with Crippen LogP contribution in [0.15, 0.2) is 42.5 Å². The van der Waals surface area contributed by atoms with E-state index in [1.807, 2.05) is 6.07 Å². The topological polar surface area (TPSA) is 97.0 Å². The minimum atomic E-state index is -0.767. The van der Waals surface area contributed by atoms with Crippen LogP contribution in [0.3, 0.4) is 0 Å². The van der Waals surface area contributed by atoms with Gasteiger partial charge in [0, 0.05) is 5.69 Å². The highest BCUT2D eigenvalue weighted by molar-refractivity contribution is 6.08. The summed E-state index contributed by atoms with van der Waals surface area (Å²) in [7, 11) is 0. The summed E-state index contributed by atoms with van der Waals surface area (Å²) in [4.78, 5) is 38.9. The molecule has 0 saturated carbocycles. The number of amides is 3. The summed E-state index contributed by atoms with van der Waals surface area (Å²) in [5.74, 6) is 0.195. The van der Waals surface area contributed by atoms with Crippen molar-refractivity contribution in [2.45, 2.75) is 39.0 Å². The number of nitrogens with one attached hydrogen (secondary N) is 2. The Morgan fingerprint density at radius 1 is 1.07 bits per heavy atom. The van der Waals surface area contributed by atoms with Crippen LogP contribution in [-0.2, 0) is 14.4 Å². The van der Waals surface area contributed by atoms with Crippen molar-refractivity contribution < 1.29 is 23.9 Å². The van der Waals surface area contributed by atoms with Gasteiger partial charge in [-0.1, -0.05) is 12.1 Å². The zero-order valence-corrected chi connectivity index (χ0v) is 16.3. The van der Waals surface area contributed by atoms with Crippen LogP contribution < -0.4 is 25.0 Å². The number of hydrogen-bond acceptors (Lipinski definition) is 5. The van der Waals surface area contributed by atoms with Crippen molar-refractivity contribution >= 4 is 34.8 Å². The lowest BCUT2D eigenvalue weighted by Crippen LogP contribution is -2.52. The molecule has 2 aromatic rings. The summed E-state index contributed by atoms with van der Waals surface area (Å²) < 4.78 is 11.1. The van der Waals surface area contributed by atoms with Gasteiger partial charge in [0.2, 0.25) is 5.91 Å². The summed E-state index contributed by atoms with van der Waals surface area (Å²) in [5.41, 5.74) is 1.53. The number of nitrogens with zero attached hydrogens (tertiary/aromatic N) is 1. The summed E-state index contributed by atoms with van der Waals surface area (Å²) in [6.07, 6.45) is -1.25. The predicted molar refractivity (Wildman–Crippen MR) is 107 cm³/mol. The Hall–Kier alpha value is -3.55. The van der Waals surface area contributed by atoms with E-state index in [1.54, 1.807) is 57.2 Å². The molecule has 0 aromatic heterocycles. The largest absolute Gasteiger partial charge is 0.479 e. The Kier molecular flexibility index (Phi) is 4.62. The van der Waals surface area contributed by atoms with Gasteiger partial charge in [0.25, 0.3) is 11.8 Å². The summed E-state index contributed by atoms with van der Waals surface area (Å²) >= 11 is 0. The number of benzene rings is 2. The quantitative estimate of drug-likeness (QED) is 0.833. The number of carbonyl (C=O) groups excluding carboxylic acids is 3. The maximum Gasteiger partial charge on any atom is 0.268 e. The van der Waals surface area contributed by atoms with Gasteiger partial charge in [-0.15, -0.1) is 0 Å². The number of para-hydroxylation sites is 2. The van der Waals surface area contributed by atoms with Crippen molar-refractivity contribution in [3.8, 4) is 11.5 Å². The van der Waals surface area contributed by atoms with E-state index >= 15 is 0 Å². The zero-order valence-electron chi connectivity index (χ0n) is 16.3. The molecule has 0 bridgehead atoms. The van der Waals surface area contributed by atoms with Crippen LogP contribution in [0, 0.1) is 0 Å². The zero-order chi connectivity index (χ0) is 20.7. The highest BCUT2D eigenvalue weighted by Gasteiger charge is 2.37. The van der Waals surface area contributed by atoms with Gasteiger partial charge in [-0.3, -0.25) is 19.3 Å². The van der Waals surface area contributed by atoms with E-state index in [0.717, 1.165) is 0 Å². The summed E-state index contributed by atoms with van der Waals surface area (Å²) in [6.45, 7) is 4.98. The van der Waals surface area contributed by atoms with Gasteiger partial charge in [0.05, 0.1) is 11.4 Å². The molecule has 0 spiro atoms. The maximum absolute atomic E-state index is 12.9. The molecule has 0 saturated heterocycles. The first-order valence-corrected chi connectivity index (χ1v) is 9.36. The molecular weight excluding hydrogens is 374 g/mol. The number of ether oxygens (including phenoxy) is 2. The second kappa shape index (κ2) is 7.12. The molecule has 3 atom stereocenters. The Labute approximate surface area is 167 Å². The molecule has 2 aromatic carbocycles. The molecule has 2 aliphatic rings. The molecule has 0 radical (unpaired) electrons.